The van der Waals surface area contributed by atoms with Crippen LogP contribution in [0, 0.1) is 13.8 Å². The van der Waals surface area contributed by atoms with Crippen LogP contribution >= 0.6 is 0 Å². The summed E-state index contributed by atoms with van der Waals surface area (Å²) < 4.78 is 0. The van der Waals surface area contributed by atoms with Gasteiger partial charge < -0.3 is 10.6 Å². The van der Waals surface area contributed by atoms with Crippen molar-refractivity contribution in [1.82, 2.24) is 26.0 Å². The Bertz CT molecular complexity index is 551. The number of aryl methyl sites for hydroxylation is 2. The van der Waals surface area contributed by atoms with Gasteiger partial charge in [-0.2, -0.15) is 0 Å². The smallest absolute Gasteiger partial charge is 0.315 e. The van der Waals surface area contributed by atoms with Gasteiger partial charge in [-0.1, -0.05) is 19.3 Å². The highest BCUT2D eigenvalue weighted by molar-refractivity contribution is 5.78. The van der Waals surface area contributed by atoms with Crippen LogP contribution in [0.1, 0.15) is 49.9 Å². The van der Waals surface area contributed by atoms with Crippen LogP contribution in [0.4, 0.5) is 10.7 Å². The number of nitrogens with one attached hydrogen (secondary N) is 4. The third kappa shape index (κ3) is 6.39. The summed E-state index contributed by atoms with van der Waals surface area (Å²) in [5.41, 5.74) is 6.84. The van der Waals surface area contributed by atoms with Crippen molar-refractivity contribution in [2.45, 2.75) is 58.4 Å². The SMILES string of the molecule is Cc1cc(C)nc(NNC(=O)CCNC(=O)NC2CCCCC2)n1. The predicted octanol–water partition coefficient (Wildman–Crippen LogP) is 1.56. The van der Waals surface area contributed by atoms with Crippen LogP contribution in [0.15, 0.2) is 6.07 Å². The minimum atomic E-state index is -0.240. The maximum Gasteiger partial charge on any atom is 0.315 e. The number of hydrazine groups is 1. The summed E-state index contributed by atoms with van der Waals surface area (Å²) in [4.78, 5) is 31.8. The van der Waals surface area contributed by atoms with Crippen LogP contribution < -0.4 is 21.5 Å². The molecule has 0 unspecified atom stereocenters. The highest BCUT2D eigenvalue weighted by Crippen LogP contribution is 2.17. The minimum Gasteiger partial charge on any atom is -0.338 e. The molecule has 1 saturated carbocycles. The van der Waals surface area contributed by atoms with Crippen molar-refractivity contribution in [1.29, 1.82) is 0 Å². The maximum absolute atomic E-state index is 11.8. The van der Waals surface area contributed by atoms with E-state index in [9.17, 15) is 9.59 Å². The molecule has 132 valence electrons. The monoisotopic (exact) mass is 334 g/mol. The van der Waals surface area contributed by atoms with Crippen molar-refractivity contribution in [2.24, 2.45) is 0 Å². The molecule has 4 N–H and O–H groups in total. The Balaban J connectivity index is 1.61. The fourth-order valence-electron chi connectivity index (χ4n) is 2.74. The molecule has 2 rings (SSSR count). The van der Waals surface area contributed by atoms with E-state index in [4.69, 9.17) is 0 Å². The van der Waals surface area contributed by atoms with Crippen LogP contribution in [0.3, 0.4) is 0 Å². The van der Waals surface area contributed by atoms with Gasteiger partial charge in [-0.15, -0.1) is 0 Å². The Morgan fingerprint density at radius 2 is 1.79 bits per heavy atom. The zero-order valence-corrected chi connectivity index (χ0v) is 14.3. The molecule has 0 atom stereocenters. The molecule has 1 aromatic heterocycles. The van der Waals surface area contributed by atoms with Crippen LogP contribution in [0.2, 0.25) is 0 Å². The highest BCUT2D eigenvalue weighted by Gasteiger charge is 2.15. The van der Waals surface area contributed by atoms with E-state index in [2.05, 4.69) is 31.5 Å². The van der Waals surface area contributed by atoms with Crippen molar-refractivity contribution in [2.75, 3.05) is 12.0 Å². The fourth-order valence-corrected chi connectivity index (χ4v) is 2.74. The highest BCUT2D eigenvalue weighted by atomic mass is 16.2. The van der Waals surface area contributed by atoms with E-state index in [1.165, 1.54) is 19.3 Å². The van der Waals surface area contributed by atoms with Crippen molar-refractivity contribution in [3.05, 3.63) is 17.5 Å². The second kappa shape index (κ2) is 9.05. The topological polar surface area (TPSA) is 108 Å². The van der Waals surface area contributed by atoms with E-state index in [0.717, 1.165) is 24.2 Å². The molecular weight excluding hydrogens is 308 g/mol. The molecule has 0 spiro atoms. The first kappa shape index (κ1) is 18.0. The van der Waals surface area contributed by atoms with E-state index in [1.807, 2.05) is 19.9 Å². The van der Waals surface area contributed by atoms with Gasteiger partial charge in [0.25, 0.3) is 0 Å². The lowest BCUT2D eigenvalue weighted by atomic mass is 9.96. The summed E-state index contributed by atoms with van der Waals surface area (Å²) in [5.74, 6) is 0.111. The molecule has 1 aliphatic rings. The number of hydrogen-bond acceptors (Lipinski definition) is 5. The van der Waals surface area contributed by atoms with Gasteiger partial charge >= 0.3 is 6.03 Å². The average molecular weight is 334 g/mol. The molecule has 3 amide bonds. The summed E-state index contributed by atoms with van der Waals surface area (Å²) in [6, 6.07) is 1.90. The van der Waals surface area contributed by atoms with Crippen LogP contribution in [-0.4, -0.2) is 34.5 Å². The lowest BCUT2D eigenvalue weighted by Crippen LogP contribution is -2.44. The Hall–Kier alpha value is -2.38. The van der Waals surface area contributed by atoms with Crippen LogP contribution in [-0.2, 0) is 4.79 Å². The van der Waals surface area contributed by atoms with Crippen molar-refractivity contribution < 1.29 is 9.59 Å². The number of carbonyl (C=O) groups is 2. The second-order valence-corrected chi connectivity index (χ2v) is 6.13. The lowest BCUT2D eigenvalue weighted by Gasteiger charge is -2.22. The average Bonchev–Trinajstić information content (AvgIpc) is 2.53. The third-order valence-corrected chi connectivity index (χ3v) is 3.87. The number of amides is 3. The van der Waals surface area contributed by atoms with E-state index in [1.54, 1.807) is 0 Å². The summed E-state index contributed by atoms with van der Waals surface area (Å²) in [6.07, 6.45) is 5.83. The maximum atomic E-state index is 11.8. The minimum absolute atomic E-state index is 0.176. The van der Waals surface area contributed by atoms with Gasteiger partial charge in [0.05, 0.1) is 0 Å². The number of anilines is 1. The molecule has 8 nitrogen and oxygen atoms in total. The first-order chi connectivity index (χ1) is 11.5. The van der Waals surface area contributed by atoms with Gasteiger partial charge in [-0.25, -0.2) is 14.8 Å². The molecule has 0 aliphatic heterocycles. The quantitative estimate of drug-likeness (QED) is 0.591. The number of nitrogens with zero attached hydrogens (tertiary/aromatic N) is 2. The normalized spacial score (nSPS) is 14.8. The van der Waals surface area contributed by atoms with Crippen molar-refractivity contribution in [3.8, 4) is 0 Å². The van der Waals surface area contributed by atoms with Crippen LogP contribution in [0.25, 0.3) is 0 Å². The standard InChI is InChI=1S/C16H26N6O2/c1-11-10-12(2)19-15(18-11)22-21-14(23)8-9-17-16(24)20-13-6-4-3-5-7-13/h10,13H,3-9H2,1-2H3,(H,21,23)(H2,17,20,24)(H,18,19,22). The van der Waals surface area contributed by atoms with Gasteiger partial charge in [0, 0.05) is 30.4 Å². The number of urea groups is 1. The molecule has 0 aromatic carbocycles. The van der Waals surface area contributed by atoms with E-state index in [0.29, 0.717) is 5.95 Å². The van der Waals surface area contributed by atoms with E-state index in [-0.39, 0.29) is 30.9 Å². The molecule has 24 heavy (non-hydrogen) atoms. The molecule has 1 heterocycles. The Morgan fingerprint density at radius 3 is 2.46 bits per heavy atom. The zero-order valence-electron chi connectivity index (χ0n) is 14.3. The summed E-state index contributed by atoms with van der Waals surface area (Å²) in [5, 5.41) is 5.65. The van der Waals surface area contributed by atoms with Gasteiger partial charge in [0.1, 0.15) is 0 Å². The van der Waals surface area contributed by atoms with Gasteiger partial charge in [0.15, 0.2) is 0 Å². The van der Waals surface area contributed by atoms with E-state index < -0.39 is 0 Å². The first-order valence-corrected chi connectivity index (χ1v) is 8.44. The number of aromatic nitrogens is 2. The largest absolute Gasteiger partial charge is 0.338 e. The lowest BCUT2D eigenvalue weighted by molar-refractivity contribution is -0.120. The van der Waals surface area contributed by atoms with E-state index >= 15 is 0 Å². The summed E-state index contributed by atoms with van der Waals surface area (Å²) >= 11 is 0. The van der Waals surface area contributed by atoms with Crippen molar-refractivity contribution >= 4 is 17.9 Å². The Labute approximate surface area is 142 Å². The van der Waals surface area contributed by atoms with Gasteiger partial charge in [-0.05, 0) is 32.8 Å². The third-order valence-electron chi connectivity index (χ3n) is 3.87. The molecule has 1 aliphatic carbocycles. The Kier molecular flexibility index (Phi) is 6.77. The molecule has 0 saturated heterocycles. The Morgan fingerprint density at radius 1 is 1.12 bits per heavy atom. The molecule has 0 radical (unpaired) electrons. The number of hydrogen-bond donors (Lipinski definition) is 4. The molecule has 8 heteroatoms. The van der Waals surface area contributed by atoms with Crippen molar-refractivity contribution in [3.63, 3.8) is 0 Å². The van der Waals surface area contributed by atoms with Gasteiger partial charge in [-0.3, -0.25) is 15.6 Å². The molecule has 0 bridgehead atoms. The fraction of sp³-hybridized carbons (Fsp3) is 0.625. The zero-order chi connectivity index (χ0) is 17.4. The molecule has 1 aromatic rings. The van der Waals surface area contributed by atoms with Crippen LogP contribution in [0.5, 0.6) is 0 Å². The number of carbonyl (C=O) groups excluding carboxylic acids is 2. The van der Waals surface area contributed by atoms with Gasteiger partial charge in [0.2, 0.25) is 11.9 Å². The second-order valence-electron chi connectivity index (χ2n) is 6.13. The number of rotatable bonds is 6. The summed E-state index contributed by atoms with van der Waals surface area (Å²) in [7, 11) is 0. The molecular formula is C16H26N6O2. The predicted molar refractivity (Wildman–Crippen MR) is 91.3 cm³/mol. The first-order valence-electron chi connectivity index (χ1n) is 8.44. The molecule has 1 fully saturated rings. The summed E-state index contributed by atoms with van der Waals surface area (Å²) in [6.45, 7) is 3.99.